The molecule has 0 aromatic heterocycles. The molecule has 7 heteroatoms. The number of ether oxygens (including phenoxy) is 1. The Morgan fingerprint density at radius 2 is 2.24 bits per heavy atom. The number of methoxy groups -OCH3 is 1. The van der Waals surface area contributed by atoms with E-state index in [1.807, 2.05) is 0 Å². The molecule has 21 heavy (non-hydrogen) atoms. The van der Waals surface area contributed by atoms with E-state index < -0.39 is 29.3 Å². The van der Waals surface area contributed by atoms with Gasteiger partial charge in [-0.25, -0.2) is 8.78 Å². The number of rotatable bonds is 2. The first-order valence-corrected chi connectivity index (χ1v) is 6.77. The van der Waals surface area contributed by atoms with Gasteiger partial charge in [0.25, 0.3) is 5.91 Å². The molecule has 1 aliphatic heterocycles. The molecule has 112 valence electrons. The Labute approximate surface area is 124 Å². The molecule has 0 N–H and O–H groups in total. The Morgan fingerprint density at radius 3 is 2.81 bits per heavy atom. The number of nitrogens with zero attached hydrogens (tertiary/aromatic N) is 1. The van der Waals surface area contributed by atoms with Gasteiger partial charge < -0.3 is 9.64 Å². The fourth-order valence-corrected chi connectivity index (χ4v) is 3.07. The number of benzene rings is 1. The van der Waals surface area contributed by atoms with Gasteiger partial charge in [-0.2, -0.15) is 0 Å². The second-order valence-corrected chi connectivity index (χ2v) is 5.76. The number of amides is 1. The predicted molar refractivity (Wildman–Crippen MR) is 70.5 cm³/mol. The molecular weight excluding hydrogens is 304 g/mol. The molecule has 1 saturated carbocycles. The Bertz CT molecular complexity index is 651. The highest BCUT2D eigenvalue weighted by Gasteiger charge is 2.62. The molecule has 1 fully saturated rings. The maximum absolute atomic E-state index is 14.3. The summed E-state index contributed by atoms with van der Waals surface area (Å²) in [7, 11) is 1.20. The SMILES string of the molecule is COC(=O)CN1C[C@@]2(C[C@@H]2F)c2c(ccc(Cl)c2F)C1=O. The summed E-state index contributed by atoms with van der Waals surface area (Å²) in [5.74, 6) is -1.87. The van der Waals surface area contributed by atoms with Gasteiger partial charge in [-0.15, -0.1) is 0 Å². The van der Waals surface area contributed by atoms with Crippen LogP contribution in [0, 0.1) is 5.82 Å². The minimum Gasteiger partial charge on any atom is -0.468 e. The molecule has 1 aliphatic carbocycles. The molecule has 0 unspecified atom stereocenters. The lowest BCUT2D eigenvalue weighted by Crippen LogP contribution is -2.47. The molecule has 1 spiro atoms. The van der Waals surface area contributed by atoms with E-state index in [0.717, 1.165) is 0 Å². The molecule has 2 aliphatic rings. The Kier molecular flexibility index (Phi) is 3.16. The van der Waals surface area contributed by atoms with Gasteiger partial charge in [-0.05, 0) is 18.6 Å². The number of hydrogen-bond acceptors (Lipinski definition) is 3. The van der Waals surface area contributed by atoms with E-state index in [4.69, 9.17) is 11.6 Å². The number of halogens is 3. The van der Waals surface area contributed by atoms with Gasteiger partial charge in [0.15, 0.2) is 0 Å². The van der Waals surface area contributed by atoms with Crippen LogP contribution in [-0.2, 0) is 14.9 Å². The lowest BCUT2D eigenvalue weighted by molar-refractivity contribution is -0.141. The van der Waals surface area contributed by atoms with E-state index in [-0.39, 0.29) is 35.7 Å². The smallest absolute Gasteiger partial charge is 0.325 e. The number of esters is 1. The Hall–Kier alpha value is -1.69. The van der Waals surface area contributed by atoms with Gasteiger partial charge >= 0.3 is 5.97 Å². The third kappa shape index (κ3) is 2.00. The molecule has 0 saturated heterocycles. The van der Waals surface area contributed by atoms with E-state index in [1.54, 1.807) is 0 Å². The van der Waals surface area contributed by atoms with E-state index in [9.17, 15) is 18.4 Å². The first-order chi connectivity index (χ1) is 9.90. The summed E-state index contributed by atoms with van der Waals surface area (Å²) in [6.45, 7) is -0.333. The summed E-state index contributed by atoms with van der Waals surface area (Å²) in [5.41, 5.74) is -0.993. The van der Waals surface area contributed by atoms with Gasteiger partial charge in [-0.3, -0.25) is 9.59 Å². The minimum atomic E-state index is -1.25. The zero-order valence-corrected chi connectivity index (χ0v) is 11.9. The second-order valence-electron chi connectivity index (χ2n) is 5.35. The van der Waals surface area contributed by atoms with Crippen molar-refractivity contribution in [2.24, 2.45) is 0 Å². The van der Waals surface area contributed by atoms with Crippen LogP contribution in [0.4, 0.5) is 8.78 Å². The summed E-state index contributed by atoms with van der Waals surface area (Å²) in [6.07, 6.45) is -1.14. The van der Waals surface area contributed by atoms with Crippen LogP contribution < -0.4 is 0 Å². The average Bonchev–Trinajstić information content (AvgIpc) is 3.09. The van der Waals surface area contributed by atoms with E-state index in [2.05, 4.69) is 4.74 Å². The number of fused-ring (bicyclic) bond motifs is 2. The van der Waals surface area contributed by atoms with E-state index in [1.165, 1.54) is 24.1 Å². The van der Waals surface area contributed by atoms with Crippen LogP contribution >= 0.6 is 11.6 Å². The average molecular weight is 316 g/mol. The summed E-state index contributed by atoms with van der Waals surface area (Å²) >= 11 is 5.74. The zero-order chi connectivity index (χ0) is 15.4. The molecule has 1 aromatic rings. The molecule has 3 rings (SSSR count). The van der Waals surface area contributed by atoms with Crippen molar-refractivity contribution in [1.82, 2.24) is 4.90 Å². The zero-order valence-electron chi connectivity index (χ0n) is 11.2. The third-order valence-electron chi connectivity index (χ3n) is 4.11. The van der Waals surface area contributed by atoms with Crippen LogP contribution in [0.5, 0.6) is 0 Å². The van der Waals surface area contributed by atoms with Crippen LogP contribution in [-0.4, -0.2) is 43.1 Å². The van der Waals surface area contributed by atoms with Crippen molar-refractivity contribution in [3.8, 4) is 0 Å². The second kappa shape index (κ2) is 4.66. The van der Waals surface area contributed by atoms with Gasteiger partial charge in [0.1, 0.15) is 18.5 Å². The molecular formula is C14H12ClF2NO3. The maximum Gasteiger partial charge on any atom is 0.325 e. The van der Waals surface area contributed by atoms with Crippen molar-refractivity contribution in [3.63, 3.8) is 0 Å². The van der Waals surface area contributed by atoms with Crippen molar-refractivity contribution in [1.29, 1.82) is 0 Å². The van der Waals surface area contributed by atoms with Crippen LogP contribution in [0.15, 0.2) is 12.1 Å². The number of carbonyl (C=O) groups excluding carboxylic acids is 2. The standard InChI is InChI=1S/C14H12ClF2NO3/c1-21-10(19)5-18-6-14(4-9(14)16)11-7(13(18)20)2-3-8(15)12(11)17/h2-3,9H,4-6H2,1H3/t9-,14+/m0/s1. The maximum atomic E-state index is 14.3. The molecule has 1 heterocycles. The molecule has 0 bridgehead atoms. The summed E-state index contributed by atoms with van der Waals surface area (Å²) in [6, 6.07) is 2.64. The normalized spacial score (nSPS) is 26.8. The fraction of sp³-hybridized carbons (Fsp3) is 0.429. The van der Waals surface area contributed by atoms with Crippen molar-refractivity contribution in [2.75, 3.05) is 20.2 Å². The highest BCUT2D eigenvalue weighted by molar-refractivity contribution is 6.31. The van der Waals surface area contributed by atoms with Crippen molar-refractivity contribution in [3.05, 3.63) is 34.1 Å². The fourth-order valence-electron chi connectivity index (χ4n) is 2.91. The minimum absolute atomic E-state index is 0.0358. The Morgan fingerprint density at radius 1 is 1.57 bits per heavy atom. The first-order valence-electron chi connectivity index (χ1n) is 6.39. The topological polar surface area (TPSA) is 46.6 Å². The molecule has 2 atom stereocenters. The van der Waals surface area contributed by atoms with Crippen LogP contribution in [0.2, 0.25) is 5.02 Å². The predicted octanol–water partition coefficient (Wildman–Crippen LogP) is 2.09. The number of hydrogen-bond donors (Lipinski definition) is 0. The summed E-state index contributed by atoms with van der Waals surface area (Å²) in [5, 5.41) is -0.138. The lowest BCUT2D eigenvalue weighted by Gasteiger charge is -2.34. The highest BCUT2D eigenvalue weighted by Crippen LogP contribution is 2.55. The van der Waals surface area contributed by atoms with Crippen molar-refractivity contribution >= 4 is 23.5 Å². The van der Waals surface area contributed by atoms with Gasteiger partial charge in [0, 0.05) is 17.7 Å². The molecule has 1 aromatic carbocycles. The summed E-state index contributed by atoms with van der Waals surface area (Å²) in [4.78, 5) is 24.9. The lowest BCUT2D eigenvalue weighted by atomic mass is 9.85. The first kappa shape index (κ1) is 14.3. The van der Waals surface area contributed by atoms with Crippen LogP contribution in [0.25, 0.3) is 0 Å². The van der Waals surface area contributed by atoms with Gasteiger partial charge in [0.2, 0.25) is 0 Å². The van der Waals surface area contributed by atoms with Crippen molar-refractivity contribution < 1.29 is 23.1 Å². The van der Waals surface area contributed by atoms with E-state index in [0.29, 0.717) is 0 Å². The van der Waals surface area contributed by atoms with Gasteiger partial charge in [0.05, 0.1) is 17.5 Å². The Balaban J connectivity index is 2.07. The molecule has 4 nitrogen and oxygen atoms in total. The monoisotopic (exact) mass is 315 g/mol. The third-order valence-corrected chi connectivity index (χ3v) is 4.41. The van der Waals surface area contributed by atoms with E-state index >= 15 is 0 Å². The largest absolute Gasteiger partial charge is 0.468 e. The molecule has 0 radical (unpaired) electrons. The number of carbonyl (C=O) groups is 2. The summed E-state index contributed by atoms with van der Waals surface area (Å²) < 4.78 is 32.7. The quantitative estimate of drug-likeness (QED) is 0.785. The van der Waals surface area contributed by atoms with Gasteiger partial charge in [-0.1, -0.05) is 11.6 Å². The van der Waals surface area contributed by atoms with Crippen molar-refractivity contribution in [2.45, 2.75) is 18.0 Å². The van der Waals surface area contributed by atoms with Crippen LogP contribution in [0.1, 0.15) is 22.3 Å². The van der Waals surface area contributed by atoms with Crippen LogP contribution in [0.3, 0.4) is 0 Å². The molecule has 1 amide bonds. The highest BCUT2D eigenvalue weighted by atomic mass is 35.5. The number of alkyl halides is 1.